The van der Waals surface area contributed by atoms with E-state index in [1.165, 1.54) is 0 Å². The molecule has 0 amide bonds. The second-order valence-corrected chi connectivity index (χ2v) is 2.59. The Balaban J connectivity index is 2.38. The molecule has 1 aromatic heterocycles. The van der Waals surface area contributed by atoms with Crippen molar-refractivity contribution in [2.24, 2.45) is 0 Å². The zero-order chi connectivity index (χ0) is 10.3. The normalized spacial score (nSPS) is 32.1. The van der Waals surface area contributed by atoms with E-state index < -0.39 is 29.6 Å². The molecule has 0 spiro atoms. The highest BCUT2D eigenvalue weighted by Crippen LogP contribution is 2.45. The summed E-state index contributed by atoms with van der Waals surface area (Å²) in [5, 5.41) is 8.30. The van der Waals surface area contributed by atoms with Gasteiger partial charge in [0.1, 0.15) is 0 Å². The minimum Gasteiger partial charge on any atom is -0.422 e. The van der Waals surface area contributed by atoms with Crippen LogP contribution in [0.15, 0.2) is 18.0 Å². The molecule has 1 N–H and O–H groups in total. The predicted octanol–water partition coefficient (Wildman–Crippen LogP) is 1.40. The van der Waals surface area contributed by atoms with Gasteiger partial charge in [0.15, 0.2) is 5.69 Å². The summed E-state index contributed by atoms with van der Waals surface area (Å²) >= 11 is 0. The minimum atomic E-state index is -3.28. The fraction of sp³-hybridized carbons (Fsp3) is 0.333. The molecule has 8 heteroatoms. The first-order chi connectivity index (χ1) is 6.55. The van der Waals surface area contributed by atoms with Crippen LogP contribution in [0.1, 0.15) is 5.69 Å². The van der Waals surface area contributed by atoms with Crippen LogP contribution in [-0.4, -0.2) is 21.6 Å². The lowest BCUT2D eigenvalue weighted by Gasteiger charge is -2.17. The van der Waals surface area contributed by atoms with Crippen molar-refractivity contribution in [3.63, 3.8) is 0 Å². The van der Waals surface area contributed by atoms with E-state index in [1.54, 1.807) is 0 Å². The third-order valence-electron chi connectivity index (χ3n) is 1.74. The number of nitrogens with zero attached hydrogens (tertiary/aromatic N) is 2. The van der Waals surface area contributed by atoms with Gasteiger partial charge in [-0.2, -0.15) is 24.2 Å². The Morgan fingerprint density at radius 3 is 2.64 bits per heavy atom. The van der Waals surface area contributed by atoms with Crippen LogP contribution in [0.25, 0.3) is 0 Å². The summed E-state index contributed by atoms with van der Waals surface area (Å²) in [6.45, 7) is 0. The SMILES string of the molecule is FC1=C(F)C(F)C(F)(c2cn[nH]n2)O1. The van der Waals surface area contributed by atoms with E-state index in [4.69, 9.17) is 0 Å². The van der Waals surface area contributed by atoms with Crippen LogP contribution in [0.3, 0.4) is 0 Å². The third kappa shape index (κ3) is 0.994. The second-order valence-electron chi connectivity index (χ2n) is 2.59. The average molecular weight is 209 g/mol. The van der Waals surface area contributed by atoms with Gasteiger partial charge in [0.2, 0.25) is 12.0 Å². The summed E-state index contributed by atoms with van der Waals surface area (Å²) in [6.07, 6.45) is -2.09. The number of alkyl halides is 2. The average Bonchev–Trinajstić information content (AvgIpc) is 2.73. The van der Waals surface area contributed by atoms with E-state index in [-0.39, 0.29) is 0 Å². The first-order valence-electron chi connectivity index (χ1n) is 3.49. The van der Waals surface area contributed by atoms with Crippen LogP contribution in [0.4, 0.5) is 17.6 Å². The van der Waals surface area contributed by atoms with Gasteiger partial charge in [-0.15, -0.1) is 0 Å². The van der Waals surface area contributed by atoms with E-state index >= 15 is 0 Å². The molecule has 2 heterocycles. The summed E-state index contributed by atoms with van der Waals surface area (Å²) in [4.78, 5) is 0. The highest BCUT2D eigenvalue weighted by molar-refractivity contribution is 5.20. The molecule has 0 aromatic carbocycles. The van der Waals surface area contributed by atoms with Gasteiger partial charge >= 0.3 is 11.9 Å². The molecule has 0 saturated carbocycles. The van der Waals surface area contributed by atoms with Crippen molar-refractivity contribution in [3.8, 4) is 0 Å². The number of hydrogen-bond acceptors (Lipinski definition) is 3. The van der Waals surface area contributed by atoms with Gasteiger partial charge in [0, 0.05) is 0 Å². The maximum Gasteiger partial charge on any atom is 0.334 e. The molecular formula is C6H3F4N3O. The number of halogens is 4. The number of aromatic nitrogens is 3. The monoisotopic (exact) mass is 209 g/mol. The molecular weight excluding hydrogens is 206 g/mol. The first kappa shape index (κ1) is 8.97. The van der Waals surface area contributed by atoms with Crippen molar-refractivity contribution < 1.29 is 22.3 Å². The lowest BCUT2D eigenvalue weighted by Crippen LogP contribution is -2.30. The predicted molar refractivity (Wildman–Crippen MR) is 34.4 cm³/mol. The first-order valence-corrected chi connectivity index (χ1v) is 3.49. The van der Waals surface area contributed by atoms with Gasteiger partial charge < -0.3 is 4.74 Å². The Morgan fingerprint density at radius 2 is 2.21 bits per heavy atom. The summed E-state index contributed by atoms with van der Waals surface area (Å²) in [6, 6.07) is -1.91. The molecule has 2 atom stereocenters. The highest BCUT2D eigenvalue weighted by atomic mass is 19.2. The van der Waals surface area contributed by atoms with Crippen LogP contribution in [0.2, 0.25) is 0 Å². The minimum absolute atomic E-state index is 0.659. The fourth-order valence-electron chi connectivity index (χ4n) is 1.04. The van der Waals surface area contributed by atoms with E-state index in [1.807, 2.05) is 5.21 Å². The number of aromatic amines is 1. The lowest BCUT2D eigenvalue weighted by atomic mass is 10.1. The van der Waals surface area contributed by atoms with Gasteiger partial charge in [-0.3, -0.25) is 0 Å². The quantitative estimate of drug-likeness (QED) is 0.711. The van der Waals surface area contributed by atoms with E-state index in [0.29, 0.717) is 0 Å². The number of ether oxygens (including phenoxy) is 1. The number of H-pyrrole nitrogens is 1. The Hall–Kier alpha value is -1.60. The van der Waals surface area contributed by atoms with Crippen molar-refractivity contribution >= 4 is 0 Å². The van der Waals surface area contributed by atoms with Crippen molar-refractivity contribution in [3.05, 3.63) is 23.7 Å². The molecule has 0 aliphatic carbocycles. The van der Waals surface area contributed by atoms with Crippen LogP contribution >= 0.6 is 0 Å². The molecule has 1 aliphatic rings. The number of rotatable bonds is 1. The third-order valence-corrected chi connectivity index (χ3v) is 1.74. The Morgan fingerprint density at radius 1 is 1.50 bits per heavy atom. The lowest BCUT2D eigenvalue weighted by molar-refractivity contribution is -0.152. The van der Waals surface area contributed by atoms with Crippen molar-refractivity contribution in [1.29, 1.82) is 0 Å². The van der Waals surface area contributed by atoms with Crippen molar-refractivity contribution in [2.45, 2.75) is 12.0 Å². The molecule has 0 bridgehead atoms. The van der Waals surface area contributed by atoms with Gasteiger partial charge in [0.05, 0.1) is 6.20 Å². The molecule has 0 fully saturated rings. The molecule has 0 saturated heterocycles. The summed E-state index contributed by atoms with van der Waals surface area (Å²) < 4.78 is 55.2. The van der Waals surface area contributed by atoms with Gasteiger partial charge in [0.25, 0.3) is 0 Å². The summed E-state index contributed by atoms with van der Waals surface area (Å²) in [5.74, 6) is -5.20. The Kier molecular flexibility index (Phi) is 1.73. The van der Waals surface area contributed by atoms with Crippen LogP contribution < -0.4 is 0 Å². The number of hydrogen-bond donors (Lipinski definition) is 1. The second kappa shape index (κ2) is 2.69. The van der Waals surface area contributed by atoms with E-state index in [0.717, 1.165) is 6.20 Å². The standard InChI is InChI=1S/C6H3F4N3O/c7-3-4(8)6(10,14-5(3)9)2-1-11-13-12-2/h1,4H,(H,11,12,13). The fourth-order valence-corrected chi connectivity index (χ4v) is 1.04. The summed E-state index contributed by atoms with van der Waals surface area (Å²) in [7, 11) is 0. The maximum absolute atomic E-state index is 13.5. The molecule has 2 unspecified atom stereocenters. The van der Waals surface area contributed by atoms with Crippen LogP contribution in [0.5, 0.6) is 0 Å². The van der Waals surface area contributed by atoms with Crippen molar-refractivity contribution in [2.75, 3.05) is 0 Å². The molecule has 1 aliphatic heterocycles. The van der Waals surface area contributed by atoms with Gasteiger partial charge in [-0.25, -0.2) is 8.78 Å². The molecule has 1 aromatic rings. The largest absolute Gasteiger partial charge is 0.422 e. The Labute approximate surface area is 74.6 Å². The molecule has 14 heavy (non-hydrogen) atoms. The van der Waals surface area contributed by atoms with Gasteiger partial charge in [-0.1, -0.05) is 0 Å². The van der Waals surface area contributed by atoms with Crippen LogP contribution in [-0.2, 0) is 10.6 Å². The zero-order valence-corrected chi connectivity index (χ0v) is 6.47. The molecule has 2 rings (SSSR count). The molecule has 76 valence electrons. The highest BCUT2D eigenvalue weighted by Gasteiger charge is 2.56. The molecule has 4 nitrogen and oxygen atoms in total. The zero-order valence-electron chi connectivity index (χ0n) is 6.47. The van der Waals surface area contributed by atoms with Crippen molar-refractivity contribution in [1.82, 2.24) is 15.4 Å². The van der Waals surface area contributed by atoms with Gasteiger partial charge in [-0.05, 0) is 0 Å². The number of nitrogens with one attached hydrogen (secondary N) is 1. The van der Waals surface area contributed by atoms with E-state index in [2.05, 4.69) is 14.9 Å². The summed E-state index contributed by atoms with van der Waals surface area (Å²) in [5.41, 5.74) is -0.659. The molecule has 0 radical (unpaired) electrons. The van der Waals surface area contributed by atoms with Crippen LogP contribution in [0, 0.1) is 0 Å². The maximum atomic E-state index is 13.5. The topological polar surface area (TPSA) is 50.8 Å². The Bertz CT molecular complexity index is 378. The van der Waals surface area contributed by atoms with E-state index in [9.17, 15) is 17.6 Å². The smallest absolute Gasteiger partial charge is 0.334 e.